The minimum atomic E-state index is -1.21. The third-order valence-electron chi connectivity index (χ3n) is 2.76. The van der Waals surface area contributed by atoms with Crippen LogP contribution in [0.1, 0.15) is 16.1 Å². The van der Waals surface area contributed by atoms with E-state index in [0.717, 1.165) is 5.56 Å². The summed E-state index contributed by atoms with van der Waals surface area (Å²) < 4.78 is 7.04. The van der Waals surface area contributed by atoms with E-state index in [1.165, 1.54) is 35.7 Å². The maximum atomic E-state index is 10.7. The average Bonchev–Trinajstić information content (AvgIpc) is 3.17. The Morgan fingerprint density at radius 2 is 1.86 bits per heavy atom. The van der Waals surface area contributed by atoms with Crippen LogP contribution in [0.2, 0.25) is 0 Å². The Bertz CT molecular complexity index is 773. The summed E-state index contributed by atoms with van der Waals surface area (Å²) in [4.78, 5) is 10.7. The van der Waals surface area contributed by atoms with Crippen molar-refractivity contribution >= 4 is 12.2 Å². The first-order chi connectivity index (χ1) is 10.2. The standard InChI is InChI=1S/C14H10N4O3/c19-14(20)11-3-1-10(2-4-11)13-6-5-12(21-13)7-17-18-8-15-16-9-18/h1-9H,(H,19,20)/p-1/b17-7-. The van der Waals surface area contributed by atoms with Gasteiger partial charge in [-0.05, 0) is 17.7 Å². The summed E-state index contributed by atoms with van der Waals surface area (Å²) >= 11 is 0. The molecule has 0 unspecified atom stereocenters. The third kappa shape index (κ3) is 2.86. The zero-order chi connectivity index (χ0) is 14.7. The molecular formula is C14H9N4O3-. The second-order valence-corrected chi connectivity index (χ2v) is 4.15. The summed E-state index contributed by atoms with van der Waals surface area (Å²) in [5, 5.41) is 22.0. The second-order valence-electron chi connectivity index (χ2n) is 4.15. The number of furan rings is 1. The van der Waals surface area contributed by atoms with Crippen molar-refractivity contribution in [1.82, 2.24) is 14.9 Å². The van der Waals surface area contributed by atoms with E-state index in [4.69, 9.17) is 4.42 Å². The molecule has 3 aromatic rings. The molecule has 0 fully saturated rings. The predicted molar refractivity (Wildman–Crippen MR) is 71.5 cm³/mol. The molecule has 104 valence electrons. The van der Waals surface area contributed by atoms with E-state index in [1.807, 2.05) is 0 Å². The van der Waals surface area contributed by atoms with Gasteiger partial charge in [0.15, 0.2) is 0 Å². The van der Waals surface area contributed by atoms with Crippen LogP contribution in [0.25, 0.3) is 11.3 Å². The van der Waals surface area contributed by atoms with Crippen LogP contribution in [0.5, 0.6) is 0 Å². The highest BCUT2D eigenvalue weighted by molar-refractivity contribution is 5.86. The highest BCUT2D eigenvalue weighted by atomic mass is 16.4. The fourth-order valence-electron chi connectivity index (χ4n) is 1.73. The number of hydrogen-bond acceptors (Lipinski definition) is 6. The predicted octanol–water partition coefficient (Wildman–Crippen LogP) is 0.784. The van der Waals surface area contributed by atoms with Gasteiger partial charge in [0.25, 0.3) is 0 Å². The SMILES string of the molecule is O=C([O-])c1ccc(-c2ccc(/C=N\n3cnnc3)o2)cc1. The molecule has 0 saturated heterocycles. The number of benzene rings is 1. The Morgan fingerprint density at radius 1 is 1.14 bits per heavy atom. The molecule has 0 bridgehead atoms. The van der Waals surface area contributed by atoms with Gasteiger partial charge in [-0.15, -0.1) is 10.2 Å². The normalized spacial score (nSPS) is 11.0. The molecule has 0 aliphatic rings. The van der Waals surface area contributed by atoms with Crippen molar-refractivity contribution in [2.45, 2.75) is 0 Å². The van der Waals surface area contributed by atoms with Gasteiger partial charge >= 0.3 is 0 Å². The van der Waals surface area contributed by atoms with Crippen molar-refractivity contribution < 1.29 is 14.3 Å². The molecule has 21 heavy (non-hydrogen) atoms. The molecule has 3 rings (SSSR count). The molecule has 0 N–H and O–H groups in total. The molecule has 2 heterocycles. The lowest BCUT2D eigenvalue weighted by atomic mass is 10.1. The smallest absolute Gasteiger partial charge is 0.147 e. The van der Waals surface area contributed by atoms with Crippen LogP contribution in [0.4, 0.5) is 0 Å². The molecular weight excluding hydrogens is 272 g/mol. The number of carbonyl (C=O) groups is 1. The van der Waals surface area contributed by atoms with Crippen molar-refractivity contribution in [3.05, 3.63) is 60.4 Å². The molecule has 0 amide bonds. The zero-order valence-electron chi connectivity index (χ0n) is 10.7. The van der Waals surface area contributed by atoms with Gasteiger partial charge < -0.3 is 14.3 Å². The first-order valence-electron chi connectivity index (χ1n) is 6.03. The molecule has 7 nitrogen and oxygen atoms in total. The van der Waals surface area contributed by atoms with Gasteiger partial charge in [0, 0.05) is 5.56 Å². The number of carboxylic acid groups (broad SMARTS) is 1. The summed E-state index contributed by atoms with van der Waals surface area (Å²) in [5.74, 6) is -0.0319. The molecule has 0 radical (unpaired) electrons. The van der Waals surface area contributed by atoms with Gasteiger partial charge in [0.1, 0.15) is 24.2 Å². The van der Waals surface area contributed by atoms with Crippen LogP contribution in [-0.4, -0.2) is 27.1 Å². The van der Waals surface area contributed by atoms with E-state index in [0.29, 0.717) is 11.5 Å². The Hall–Kier alpha value is -3.22. The van der Waals surface area contributed by atoms with Crippen molar-refractivity contribution in [1.29, 1.82) is 0 Å². The Balaban J connectivity index is 1.79. The van der Waals surface area contributed by atoms with Crippen molar-refractivity contribution in [3.63, 3.8) is 0 Å². The molecule has 7 heteroatoms. The quantitative estimate of drug-likeness (QED) is 0.658. The van der Waals surface area contributed by atoms with E-state index in [2.05, 4.69) is 15.3 Å². The summed E-state index contributed by atoms with van der Waals surface area (Å²) in [6.45, 7) is 0. The Labute approximate surface area is 119 Å². The molecule has 1 aromatic carbocycles. The number of carbonyl (C=O) groups excluding carboxylic acids is 1. The maximum Gasteiger partial charge on any atom is 0.147 e. The highest BCUT2D eigenvalue weighted by Gasteiger charge is 2.04. The van der Waals surface area contributed by atoms with Crippen LogP contribution in [-0.2, 0) is 0 Å². The van der Waals surface area contributed by atoms with E-state index >= 15 is 0 Å². The number of aromatic nitrogens is 3. The minimum absolute atomic E-state index is 0.125. The lowest BCUT2D eigenvalue weighted by molar-refractivity contribution is -0.255. The fraction of sp³-hybridized carbons (Fsp3) is 0. The molecule has 0 aliphatic carbocycles. The van der Waals surface area contributed by atoms with E-state index < -0.39 is 5.97 Å². The van der Waals surface area contributed by atoms with Gasteiger partial charge in [-0.1, -0.05) is 24.3 Å². The number of hydrogen-bond donors (Lipinski definition) is 0. The number of rotatable bonds is 4. The van der Waals surface area contributed by atoms with Crippen LogP contribution in [0.15, 0.2) is 58.6 Å². The van der Waals surface area contributed by atoms with E-state index in [-0.39, 0.29) is 5.56 Å². The lowest BCUT2D eigenvalue weighted by Crippen LogP contribution is -2.21. The summed E-state index contributed by atoms with van der Waals surface area (Å²) in [6, 6.07) is 9.79. The van der Waals surface area contributed by atoms with E-state index in [1.54, 1.807) is 24.3 Å². The van der Waals surface area contributed by atoms with Gasteiger partial charge in [-0.3, -0.25) is 0 Å². The van der Waals surface area contributed by atoms with Gasteiger partial charge in [0.2, 0.25) is 0 Å². The van der Waals surface area contributed by atoms with Crippen molar-refractivity contribution in [2.75, 3.05) is 0 Å². The Kier molecular flexibility index (Phi) is 3.30. The first kappa shape index (κ1) is 12.8. The number of aromatic carboxylic acids is 1. The number of nitrogens with zero attached hydrogens (tertiary/aromatic N) is 4. The first-order valence-corrected chi connectivity index (χ1v) is 6.03. The van der Waals surface area contributed by atoms with Crippen LogP contribution in [0, 0.1) is 0 Å². The largest absolute Gasteiger partial charge is 0.545 e. The highest BCUT2D eigenvalue weighted by Crippen LogP contribution is 2.21. The topological polar surface area (TPSA) is 96.3 Å². The molecule has 0 saturated carbocycles. The van der Waals surface area contributed by atoms with Crippen LogP contribution < -0.4 is 5.11 Å². The zero-order valence-corrected chi connectivity index (χ0v) is 10.7. The lowest BCUT2D eigenvalue weighted by Gasteiger charge is -2.02. The molecule has 0 aliphatic heterocycles. The summed E-state index contributed by atoms with van der Waals surface area (Å²) in [7, 11) is 0. The van der Waals surface area contributed by atoms with E-state index in [9.17, 15) is 9.90 Å². The minimum Gasteiger partial charge on any atom is -0.545 e. The monoisotopic (exact) mass is 281 g/mol. The van der Waals surface area contributed by atoms with Gasteiger partial charge in [-0.2, -0.15) is 5.10 Å². The second kappa shape index (κ2) is 5.41. The van der Waals surface area contributed by atoms with Crippen LogP contribution in [0.3, 0.4) is 0 Å². The van der Waals surface area contributed by atoms with Crippen molar-refractivity contribution in [2.24, 2.45) is 5.10 Å². The third-order valence-corrected chi connectivity index (χ3v) is 2.76. The fourth-order valence-corrected chi connectivity index (χ4v) is 1.73. The van der Waals surface area contributed by atoms with Gasteiger partial charge in [-0.25, -0.2) is 4.68 Å². The number of carboxylic acids is 1. The van der Waals surface area contributed by atoms with Crippen LogP contribution >= 0.6 is 0 Å². The molecule has 2 aromatic heterocycles. The summed E-state index contributed by atoms with van der Waals surface area (Å²) in [6.07, 6.45) is 4.44. The van der Waals surface area contributed by atoms with Crippen molar-refractivity contribution in [3.8, 4) is 11.3 Å². The summed E-state index contributed by atoms with van der Waals surface area (Å²) in [5.41, 5.74) is 0.892. The Morgan fingerprint density at radius 3 is 2.52 bits per heavy atom. The average molecular weight is 281 g/mol. The molecule has 0 atom stereocenters. The molecule has 0 spiro atoms. The maximum absolute atomic E-state index is 10.7. The van der Waals surface area contributed by atoms with Gasteiger partial charge in [0.05, 0.1) is 12.2 Å².